The number of hydrogen-bond acceptors (Lipinski definition) is 6. The van der Waals surface area contributed by atoms with Gasteiger partial charge in [-0.25, -0.2) is 4.99 Å². The summed E-state index contributed by atoms with van der Waals surface area (Å²) in [5.74, 6) is -0.949. The van der Waals surface area contributed by atoms with Crippen molar-refractivity contribution in [3.05, 3.63) is 75.0 Å². The number of phenols is 2. The van der Waals surface area contributed by atoms with E-state index in [1.165, 1.54) is 30.3 Å². The summed E-state index contributed by atoms with van der Waals surface area (Å²) in [6, 6.07) is 8.46. The number of aliphatic hydroxyl groups is 2. The molecule has 1 aliphatic carbocycles. The molecular formula is C20H15Cl2NO5. The maximum Gasteiger partial charge on any atom is 0.208 e. The van der Waals surface area contributed by atoms with Gasteiger partial charge in [-0.15, -0.1) is 0 Å². The number of aromatic hydroxyl groups is 2. The standard InChI is InChI=1S/C20H15Cl2NO5/c21-15-6-11(25)2-1-10(15)5-13-14(9-24)20(19(28)8-18(13)27)23-17-4-3-12(26)7-16(17)22/h1-4,6-8,24-27H,5,9H2. The van der Waals surface area contributed by atoms with Crippen molar-refractivity contribution in [1.82, 2.24) is 0 Å². The Bertz CT molecular complexity index is 1060. The fourth-order valence-corrected chi connectivity index (χ4v) is 3.25. The van der Waals surface area contributed by atoms with Crippen molar-refractivity contribution in [2.24, 2.45) is 4.99 Å². The van der Waals surface area contributed by atoms with Crippen LogP contribution in [-0.2, 0) is 11.2 Å². The van der Waals surface area contributed by atoms with Crippen LogP contribution in [-0.4, -0.2) is 38.5 Å². The third kappa shape index (κ3) is 4.04. The number of halogens is 2. The normalized spacial score (nSPS) is 15.9. The monoisotopic (exact) mass is 419 g/mol. The van der Waals surface area contributed by atoms with Crippen molar-refractivity contribution in [3.63, 3.8) is 0 Å². The van der Waals surface area contributed by atoms with Gasteiger partial charge >= 0.3 is 0 Å². The molecule has 2 aromatic rings. The maximum atomic E-state index is 12.4. The van der Waals surface area contributed by atoms with Crippen LogP contribution >= 0.6 is 23.2 Å². The van der Waals surface area contributed by atoms with Gasteiger partial charge in [-0.3, -0.25) is 4.79 Å². The average Bonchev–Trinajstić information content (AvgIpc) is 2.62. The Kier molecular flexibility index (Phi) is 5.74. The van der Waals surface area contributed by atoms with Gasteiger partial charge in [0.15, 0.2) is 0 Å². The number of aliphatic hydroxyl groups excluding tert-OH is 2. The summed E-state index contributed by atoms with van der Waals surface area (Å²) in [4.78, 5) is 16.6. The van der Waals surface area contributed by atoms with Gasteiger partial charge in [0.2, 0.25) is 5.78 Å². The predicted molar refractivity (Wildman–Crippen MR) is 107 cm³/mol. The highest BCUT2D eigenvalue weighted by Crippen LogP contribution is 2.32. The second-order valence-electron chi connectivity index (χ2n) is 6.06. The van der Waals surface area contributed by atoms with Crippen LogP contribution in [0.15, 0.2) is 64.4 Å². The minimum absolute atomic E-state index is 0.00655. The van der Waals surface area contributed by atoms with E-state index < -0.39 is 12.4 Å². The summed E-state index contributed by atoms with van der Waals surface area (Å²) >= 11 is 12.2. The van der Waals surface area contributed by atoms with E-state index >= 15 is 0 Å². The van der Waals surface area contributed by atoms with Crippen molar-refractivity contribution in [1.29, 1.82) is 0 Å². The summed E-state index contributed by atoms with van der Waals surface area (Å²) in [5.41, 5.74) is 1.15. The molecule has 0 radical (unpaired) electrons. The Labute approximate surface area is 170 Å². The zero-order chi connectivity index (χ0) is 20.4. The van der Waals surface area contributed by atoms with Gasteiger partial charge in [-0.1, -0.05) is 29.3 Å². The summed E-state index contributed by atoms with van der Waals surface area (Å²) in [7, 11) is 0. The molecule has 0 atom stereocenters. The molecule has 6 nitrogen and oxygen atoms in total. The number of allylic oxidation sites excluding steroid dienone is 2. The molecule has 0 aromatic heterocycles. The van der Waals surface area contributed by atoms with Crippen LogP contribution in [0.3, 0.4) is 0 Å². The molecule has 8 heteroatoms. The van der Waals surface area contributed by atoms with Crippen LogP contribution in [0, 0.1) is 0 Å². The molecule has 144 valence electrons. The first-order valence-corrected chi connectivity index (χ1v) is 8.89. The fraction of sp³-hybridized carbons (Fsp3) is 0.100. The van der Waals surface area contributed by atoms with Gasteiger partial charge in [0.25, 0.3) is 0 Å². The van der Waals surface area contributed by atoms with Crippen molar-refractivity contribution in [2.45, 2.75) is 6.42 Å². The Balaban J connectivity index is 2.10. The number of benzene rings is 2. The topological polar surface area (TPSA) is 110 Å². The lowest BCUT2D eigenvalue weighted by Gasteiger charge is -2.19. The van der Waals surface area contributed by atoms with Gasteiger partial charge in [0.1, 0.15) is 23.0 Å². The first kappa shape index (κ1) is 19.9. The molecule has 0 fully saturated rings. The van der Waals surface area contributed by atoms with E-state index in [1.807, 2.05) is 0 Å². The van der Waals surface area contributed by atoms with Crippen molar-refractivity contribution in [3.8, 4) is 11.5 Å². The number of aliphatic imine (C=N–C) groups is 1. The van der Waals surface area contributed by atoms with Crippen LogP contribution in [0.5, 0.6) is 11.5 Å². The van der Waals surface area contributed by atoms with E-state index in [1.54, 1.807) is 6.07 Å². The summed E-state index contributed by atoms with van der Waals surface area (Å²) < 4.78 is 0. The van der Waals surface area contributed by atoms with Gasteiger partial charge in [-0.05, 0) is 29.8 Å². The minimum atomic E-state index is -0.591. The van der Waals surface area contributed by atoms with Crippen LogP contribution in [0.1, 0.15) is 5.56 Å². The van der Waals surface area contributed by atoms with Crippen LogP contribution in [0.25, 0.3) is 0 Å². The molecule has 0 aliphatic heterocycles. The number of carbonyl (C=O) groups is 1. The number of hydrogen-bond donors (Lipinski definition) is 4. The molecule has 1 aliphatic rings. The van der Waals surface area contributed by atoms with E-state index in [0.717, 1.165) is 6.08 Å². The zero-order valence-corrected chi connectivity index (χ0v) is 15.9. The summed E-state index contributed by atoms with van der Waals surface area (Å²) in [5, 5.41) is 39.5. The van der Waals surface area contributed by atoms with Crippen molar-refractivity contribution < 1.29 is 25.2 Å². The van der Waals surface area contributed by atoms with E-state index in [4.69, 9.17) is 23.2 Å². The highest BCUT2D eigenvalue weighted by molar-refractivity contribution is 6.51. The highest BCUT2D eigenvalue weighted by atomic mass is 35.5. The molecule has 0 saturated heterocycles. The minimum Gasteiger partial charge on any atom is -0.508 e. The number of ketones is 1. The highest BCUT2D eigenvalue weighted by Gasteiger charge is 2.27. The average molecular weight is 420 g/mol. The first-order valence-electron chi connectivity index (χ1n) is 8.13. The van der Waals surface area contributed by atoms with Crippen molar-refractivity contribution in [2.75, 3.05) is 6.61 Å². The molecule has 0 spiro atoms. The lowest BCUT2D eigenvalue weighted by molar-refractivity contribution is -0.109. The fourth-order valence-electron chi connectivity index (χ4n) is 2.79. The van der Waals surface area contributed by atoms with Gasteiger partial charge in [-0.2, -0.15) is 0 Å². The predicted octanol–water partition coefficient (Wildman–Crippen LogP) is 4.03. The van der Waals surface area contributed by atoms with Gasteiger partial charge in [0, 0.05) is 34.7 Å². The Morgan fingerprint density at radius 2 is 1.54 bits per heavy atom. The smallest absolute Gasteiger partial charge is 0.208 e. The van der Waals surface area contributed by atoms with E-state index in [9.17, 15) is 25.2 Å². The molecule has 0 amide bonds. The third-order valence-corrected chi connectivity index (χ3v) is 4.84. The lowest BCUT2D eigenvalue weighted by Crippen LogP contribution is -2.24. The van der Waals surface area contributed by atoms with E-state index in [2.05, 4.69) is 4.99 Å². The number of phenolic OH excluding ortho intramolecular Hbond substituents is 2. The number of carbonyl (C=O) groups excluding carboxylic acids is 1. The largest absolute Gasteiger partial charge is 0.508 e. The lowest BCUT2D eigenvalue weighted by atomic mass is 9.89. The first-order chi connectivity index (χ1) is 13.3. The number of rotatable bonds is 4. The molecule has 2 aromatic carbocycles. The quantitative estimate of drug-likeness (QED) is 0.559. The molecule has 0 bridgehead atoms. The number of nitrogens with zero attached hydrogens (tertiary/aromatic N) is 1. The second-order valence-corrected chi connectivity index (χ2v) is 6.87. The Morgan fingerprint density at radius 1 is 0.893 bits per heavy atom. The molecule has 28 heavy (non-hydrogen) atoms. The Morgan fingerprint density at radius 3 is 2.14 bits per heavy atom. The van der Waals surface area contributed by atoms with Crippen molar-refractivity contribution >= 4 is 40.4 Å². The maximum absolute atomic E-state index is 12.4. The summed E-state index contributed by atoms with van der Waals surface area (Å²) in [6.07, 6.45) is 1.11. The zero-order valence-electron chi connectivity index (χ0n) is 14.4. The summed E-state index contributed by atoms with van der Waals surface area (Å²) in [6.45, 7) is -0.552. The molecule has 0 unspecified atom stereocenters. The van der Waals surface area contributed by atoms with E-state index in [-0.39, 0.29) is 56.3 Å². The van der Waals surface area contributed by atoms with Crippen LogP contribution in [0.4, 0.5) is 5.69 Å². The second kappa shape index (κ2) is 8.06. The molecule has 3 rings (SSSR count). The van der Waals surface area contributed by atoms with Crippen LogP contribution in [0.2, 0.25) is 10.0 Å². The van der Waals surface area contributed by atoms with Gasteiger partial charge in [0.05, 0.1) is 17.3 Å². The molecule has 0 saturated carbocycles. The van der Waals surface area contributed by atoms with Crippen LogP contribution < -0.4 is 0 Å². The Hall–Kier alpha value is -2.80. The van der Waals surface area contributed by atoms with Gasteiger partial charge < -0.3 is 20.4 Å². The molecule has 4 N–H and O–H groups in total. The third-order valence-electron chi connectivity index (χ3n) is 4.19. The SMILES string of the molecule is O=C1C=C(O)C(Cc2ccc(O)cc2Cl)=C(CO)C1=Nc1ccc(O)cc1Cl. The van der Waals surface area contributed by atoms with E-state index in [0.29, 0.717) is 5.56 Å². The molecular weight excluding hydrogens is 405 g/mol. The molecule has 0 heterocycles.